The molecular formula is C19H33N3O5. The molecule has 0 aromatic rings. The minimum atomic E-state index is -0.999. The van der Waals surface area contributed by atoms with Crippen LogP contribution in [0.2, 0.25) is 0 Å². The molecule has 4 N–H and O–H groups in total. The maximum atomic E-state index is 12.6. The van der Waals surface area contributed by atoms with Crippen molar-refractivity contribution < 1.29 is 24.6 Å². The average molecular weight is 383 g/mol. The Kier molecular flexibility index (Phi) is 8.50. The molecule has 1 amide bonds. The lowest BCUT2D eigenvalue weighted by Gasteiger charge is -2.27. The van der Waals surface area contributed by atoms with Crippen molar-refractivity contribution in [3.8, 4) is 0 Å². The SMILES string of the molecule is C[C@H](NC(CCCCC1CCNCC1)C(=O)O)C(=O)N1CCC[C@H]1C(=O)O. The lowest BCUT2D eigenvalue weighted by atomic mass is 9.92. The summed E-state index contributed by atoms with van der Waals surface area (Å²) in [6.45, 7) is 4.16. The number of carbonyl (C=O) groups excluding carboxylic acids is 1. The maximum absolute atomic E-state index is 12.6. The first-order valence-corrected chi connectivity index (χ1v) is 10.1. The summed E-state index contributed by atoms with van der Waals surface area (Å²) in [5.74, 6) is -1.57. The number of piperidine rings is 1. The van der Waals surface area contributed by atoms with Crippen LogP contribution in [-0.4, -0.2) is 70.7 Å². The summed E-state index contributed by atoms with van der Waals surface area (Å²) in [6, 6.07) is -2.30. The van der Waals surface area contributed by atoms with E-state index in [1.165, 1.54) is 17.7 Å². The molecule has 154 valence electrons. The molecule has 2 fully saturated rings. The molecule has 0 spiro atoms. The maximum Gasteiger partial charge on any atom is 0.326 e. The molecule has 2 heterocycles. The predicted molar refractivity (Wildman–Crippen MR) is 100 cm³/mol. The number of unbranched alkanes of at least 4 members (excludes halogenated alkanes) is 1. The number of nitrogens with zero attached hydrogens (tertiary/aromatic N) is 1. The van der Waals surface area contributed by atoms with Crippen LogP contribution in [0.3, 0.4) is 0 Å². The molecular weight excluding hydrogens is 350 g/mol. The fraction of sp³-hybridized carbons (Fsp3) is 0.842. The van der Waals surface area contributed by atoms with Gasteiger partial charge in [-0.05, 0) is 58.0 Å². The van der Waals surface area contributed by atoms with Gasteiger partial charge in [0.1, 0.15) is 12.1 Å². The van der Waals surface area contributed by atoms with E-state index < -0.39 is 30.1 Å². The number of carboxylic acid groups (broad SMARTS) is 2. The molecule has 0 aromatic carbocycles. The van der Waals surface area contributed by atoms with Crippen LogP contribution >= 0.6 is 0 Å². The summed E-state index contributed by atoms with van der Waals surface area (Å²) >= 11 is 0. The van der Waals surface area contributed by atoms with Gasteiger partial charge in [-0.1, -0.05) is 19.3 Å². The van der Waals surface area contributed by atoms with E-state index in [1.807, 2.05) is 0 Å². The largest absolute Gasteiger partial charge is 0.480 e. The van der Waals surface area contributed by atoms with Gasteiger partial charge >= 0.3 is 11.9 Å². The third kappa shape index (κ3) is 6.46. The standard InChI is InChI=1S/C19H33N3O5/c1-13(17(23)22-12-4-7-16(22)19(26)27)21-15(18(24)25)6-3-2-5-14-8-10-20-11-9-14/h13-16,20-21H,2-12H2,1H3,(H,24,25)(H,26,27)/t13-,15?,16-/m0/s1. The summed E-state index contributed by atoms with van der Waals surface area (Å²) in [6.07, 6.45) is 6.87. The van der Waals surface area contributed by atoms with E-state index in [-0.39, 0.29) is 5.91 Å². The zero-order valence-electron chi connectivity index (χ0n) is 16.2. The quantitative estimate of drug-likeness (QED) is 0.416. The van der Waals surface area contributed by atoms with E-state index in [2.05, 4.69) is 10.6 Å². The lowest BCUT2D eigenvalue weighted by Crippen LogP contribution is -2.53. The van der Waals surface area contributed by atoms with Crippen molar-refractivity contribution in [1.82, 2.24) is 15.5 Å². The van der Waals surface area contributed by atoms with Gasteiger partial charge in [-0.3, -0.25) is 14.9 Å². The van der Waals surface area contributed by atoms with Gasteiger partial charge in [0.25, 0.3) is 0 Å². The number of nitrogens with one attached hydrogen (secondary N) is 2. The normalized spacial score (nSPS) is 23.1. The van der Waals surface area contributed by atoms with Crippen LogP contribution < -0.4 is 10.6 Å². The Labute approximate surface area is 160 Å². The molecule has 0 aliphatic carbocycles. The minimum absolute atomic E-state index is 0.333. The van der Waals surface area contributed by atoms with Gasteiger partial charge in [0.2, 0.25) is 5.91 Å². The Balaban J connectivity index is 1.77. The summed E-state index contributed by atoms with van der Waals surface area (Å²) in [5, 5.41) is 24.9. The minimum Gasteiger partial charge on any atom is -0.480 e. The molecule has 1 unspecified atom stereocenters. The van der Waals surface area contributed by atoms with Gasteiger partial charge in [-0.2, -0.15) is 0 Å². The summed E-state index contributed by atoms with van der Waals surface area (Å²) < 4.78 is 0. The lowest BCUT2D eigenvalue weighted by molar-refractivity contribution is -0.149. The van der Waals surface area contributed by atoms with Crippen LogP contribution in [0.15, 0.2) is 0 Å². The molecule has 0 aromatic heterocycles. The molecule has 0 saturated carbocycles. The molecule has 3 atom stereocenters. The second kappa shape index (κ2) is 10.6. The number of hydrogen-bond donors (Lipinski definition) is 4. The van der Waals surface area contributed by atoms with Crippen molar-refractivity contribution in [2.45, 2.75) is 76.4 Å². The summed E-state index contributed by atoms with van der Waals surface area (Å²) in [4.78, 5) is 36.7. The van der Waals surface area contributed by atoms with Gasteiger partial charge in [-0.15, -0.1) is 0 Å². The van der Waals surface area contributed by atoms with E-state index in [9.17, 15) is 24.6 Å². The molecule has 2 saturated heterocycles. The number of likely N-dealkylation sites (tertiary alicyclic amines) is 1. The first kappa shape index (κ1) is 21.6. The van der Waals surface area contributed by atoms with Gasteiger partial charge in [-0.25, -0.2) is 4.79 Å². The van der Waals surface area contributed by atoms with E-state index in [1.54, 1.807) is 6.92 Å². The molecule has 2 aliphatic rings. The smallest absolute Gasteiger partial charge is 0.326 e. The number of amides is 1. The number of aliphatic carboxylic acids is 2. The Morgan fingerprint density at radius 2 is 1.85 bits per heavy atom. The van der Waals surface area contributed by atoms with Crippen LogP contribution in [0.4, 0.5) is 0 Å². The van der Waals surface area contributed by atoms with Crippen molar-refractivity contribution in [3.05, 3.63) is 0 Å². The van der Waals surface area contributed by atoms with Gasteiger partial charge in [0.05, 0.1) is 6.04 Å². The highest BCUT2D eigenvalue weighted by molar-refractivity contribution is 5.88. The zero-order valence-corrected chi connectivity index (χ0v) is 16.2. The van der Waals surface area contributed by atoms with Crippen molar-refractivity contribution >= 4 is 17.8 Å². The highest BCUT2D eigenvalue weighted by atomic mass is 16.4. The summed E-state index contributed by atoms with van der Waals surface area (Å²) in [7, 11) is 0. The summed E-state index contributed by atoms with van der Waals surface area (Å²) in [5.41, 5.74) is 0. The number of carboxylic acids is 2. The molecule has 0 radical (unpaired) electrons. The monoisotopic (exact) mass is 383 g/mol. The van der Waals surface area contributed by atoms with Crippen molar-refractivity contribution in [1.29, 1.82) is 0 Å². The second-order valence-corrected chi connectivity index (χ2v) is 7.78. The van der Waals surface area contributed by atoms with Gasteiger partial charge < -0.3 is 20.4 Å². The Hall–Kier alpha value is -1.67. The molecule has 2 aliphatic heterocycles. The van der Waals surface area contributed by atoms with Crippen LogP contribution in [0.1, 0.15) is 58.3 Å². The van der Waals surface area contributed by atoms with E-state index in [0.29, 0.717) is 25.8 Å². The first-order chi connectivity index (χ1) is 12.9. The Morgan fingerprint density at radius 3 is 2.48 bits per heavy atom. The van der Waals surface area contributed by atoms with Crippen LogP contribution in [0.5, 0.6) is 0 Å². The van der Waals surface area contributed by atoms with E-state index in [4.69, 9.17) is 0 Å². The fourth-order valence-electron chi connectivity index (χ4n) is 4.14. The number of hydrogen-bond acceptors (Lipinski definition) is 5. The molecule has 27 heavy (non-hydrogen) atoms. The van der Waals surface area contributed by atoms with Gasteiger partial charge in [0, 0.05) is 6.54 Å². The third-order valence-corrected chi connectivity index (χ3v) is 5.75. The molecule has 8 heteroatoms. The molecule has 8 nitrogen and oxygen atoms in total. The van der Waals surface area contributed by atoms with Crippen molar-refractivity contribution in [2.24, 2.45) is 5.92 Å². The third-order valence-electron chi connectivity index (χ3n) is 5.75. The van der Waals surface area contributed by atoms with E-state index >= 15 is 0 Å². The predicted octanol–water partition coefficient (Wildman–Crippen LogP) is 1.05. The highest BCUT2D eigenvalue weighted by Crippen LogP contribution is 2.21. The topological polar surface area (TPSA) is 119 Å². The Morgan fingerprint density at radius 1 is 1.15 bits per heavy atom. The van der Waals surface area contributed by atoms with Crippen molar-refractivity contribution in [3.63, 3.8) is 0 Å². The fourth-order valence-corrected chi connectivity index (χ4v) is 4.14. The number of carbonyl (C=O) groups is 3. The van der Waals surface area contributed by atoms with Gasteiger partial charge in [0.15, 0.2) is 0 Å². The van der Waals surface area contributed by atoms with Crippen molar-refractivity contribution in [2.75, 3.05) is 19.6 Å². The molecule has 0 bridgehead atoms. The van der Waals surface area contributed by atoms with Crippen LogP contribution in [0, 0.1) is 5.92 Å². The zero-order chi connectivity index (χ0) is 19.8. The highest BCUT2D eigenvalue weighted by Gasteiger charge is 2.36. The number of rotatable bonds is 10. The second-order valence-electron chi connectivity index (χ2n) is 7.78. The van der Waals surface area contributed by atoms with E-state index in [0.717, 1.165) is 38.3 Å². The first-order valence-electron chi connectivity index (χ1n) is 10.1. The van der Waals surface area contributed by atoms with Crippen LogP contribution in [0.25, 0.3) is 0 Å². The average Bonchev–Trinajstić information content (AvgIpc) is 3.14. The van der Waals surface area contributed by atoms with Crippen LogP contribution in [-0.2, 0) is 14.4 Å². The molecule has 2 rings (SSSR count). The Bertz CT molecular complexity index is 521.